The van der Waals surface area contributed by atoms with Gasteiger partial charge in [0.15, 0.2) is 11.0 Å². The number of carbonyl (C=O) groups is 2. The first kappa shape index (κ1) is 27.4. The van der Waals surface area contributed by atoms with Gasteiger partial charge in [0.05, 0.1) is 30.2 Å². The van der Waals surface area contributed by atoms with E-state index in [1.54, 1.807) is 36.8 Å². The molecule has 2 N–H and O–H groups in total. The van der Waals surface area contributed by atoms with Gasteiger partial charge in [-0.3, -0.25) is 19.7 Å². The molecule has 0 fully saturated rings. The number of hydrogen-bond acceptors (Lipinski definition) is 8. The van der Waals surface area contributed by atoms with Gasteiger partial charge in [0, 0.05) is 24.4 Å². The van der Waals surface area contributed by atoms with Gasteiger partial charge in [-0.1, -0.05) is 30.0 Å². The zero-order chi connectivity index (χ0) is 26.9. The third-order valence-electron chi connectivity index (χ3n) is 5.37. The Morgan fingerprint density at radius 1 is 1.22 bits per heavy atom. The van der Waals surface area contributed by atoms with Crippen LogP contribution in [-0.2, 0) is 22.6 Å². The van der Waals surface area contributed by atoms with Crippen LogP contribution in [0.5, 0.6) is 5.75 Å². The number of nitrogens with one attached hydrogen (secondary N) is 2. The predicted molar refractivity (Wildman–Crippen MR) is 141 cm³/mol. The molecule has 3 rings (SSSR count). The molecule has 12 heteroatoms. The van der Waals surface area contributed by atoms with Gasteiger partial charge in [0.2, 0.25) is 11.8 Å². The minimum absolute atomic E-state index is 0.0415. The lowest BCUT2D eigenvalue weighted by Gasteiger charge is -2.15. The van der Waals surface area contributed by atoms with Gasteiger partial charge < -0.3 is 19.9 Å². The molecule has 0 aliphatic heterocycles. The van der Waals surface area contributed by atoms with Crippen molar-refractivity contribution in [2.45, 2.75) is 38.0 Å². The van der Waals surface area contributed by atoms with Crippen molar-refractivity contribution in [3.63, 3.8) is 0 Å². The van der Waals surface area contributed by atoms with Gasteiger partial charge in [-0.05, 0) is 43.2 Å². The highest BCUT2D eigenvalue weighted by Crippen LogP contribution is 2.24. The van der Waals surface area contributed by atoms with Crippen LogP contribution in [0.15, 0.2) is 60.3 Å². The van der Waals surface area contributed by atoms with Crippen molar-refractivity contribution in [3.8, 4) is 5.75 Å². The van der Waals surface area contributed by atoms with Crippen LogP contribution in [0, 0.1) is 17.0 Å². The largest absolute Gasteiger partial charge is 0.497 e. The van der Waals surface area contributed by atoms with E-state index in [-0.39, 0.29) is 29.7 Å². The maximum atomic E-state index is 12.6. The van der Waals surface area contributed by atoms with Crippen molar-refractivity contribution in [1.29, 1.82) is 0 Å². The maximum absolute atomic E-state index is 12.6. The van der Waals surface area contributed by atoms with Crippen molar-refractivity contribution in [3.05, 3.63) is 82.2 Å². The monoisotopic (exact) mass is 524 g/mol. The SMILES string of the molecule is C=CCn1c(SCC(=O)Nc2ccc([N+](=O)[O-])cc2C)nnc1C(C)NC(=O)Cc1ccc(OC)cc1. The van der Waals surface area contributed by atoms with Crippen LogP contribution in [-0.4, -0.2) is 44.4 Å². The summed E-state index contributed by atoms with van der Waals surface area (Å²) in [5.74, 6) is 0.841. The van der Waals surface area contributed by atoms with Gasteiger partial charge in [-0.25, -0.2) is 0 Å². The fourth-order valence-electron chi connectivity index (χ4n) is 3.53. The number of non-ortho nitro benzene ring substituents is 1. The first-order chi connectivity index (χ1) is 17.7. The molecule has 0 saturated heterocycles. The minimum Gasteiger partial charge on any atom is -0.497 e. The number of allylic oxidation sites excluding steroid dienone is 1. The van der Waals surface area contributed by atoms with Crippen molar-refractivity contribution in [2.24, 2.45) is 0 Å². The van der Waals surface area contributed by atoms with E-state index in [0.717, 1.165) is 11.3 Å². The Morgan fingerprint density at radius 2 is 1.95 bits per heavy atom. The fourth-order valence-corrected chi connectivity index (χ4v) is 4.29. The molecule has 37 heavy (non-hydrogen) atoms. The molecule has 0 aliphatic carbocycles. The molecule has 0 aliphatic rings. The summed E-state index contributed by atoms with van der Waals surface area (Å²) in [5, 5.41) is 25.5. The number of hydrogen-bond donors (Lipinski definition) is 2. The molecule has 0 spiro atoms. The standard InChI is InChI=1S/C25H28N6O5S/c1-5-12-30-24(17(3)26-22(32)14-18-6-9-20(36-4)10-7-18)28-29-25(30)37-15-23(33)27-21-11-8-19(31(34)35)13-16(21)2/h5-11,13,17H,1,12,14-15H2,2-4H3,(H,26,32)(H,27,33). The zero-order valence-electron chi connectivity index (χ0n) is 20.8. The smallest absolute Gasteiger partial charge is 0.269 e. The summed E-state index contributed by atoms with van der Waals surface area (Å²) in [6, 6.07) is 11.1. The number of benzene rings is 2. The van der Waals surface area contributed by atoms with Crippen LogP contribution < -0.4 is 15.4 Å². The molecule has 1 atom stereocenters. The number of methoxy groups -OCH3 is 1. The van der Waals surface area contributed by atoms with Gasteiger partial charge >= 0.3 is 0 Å². The van der Waals surface area contributed by atoms with E-state index in [1.165, 1.54) is 30.0 Å². The predicted octanol–water partition coefficient (Wildman–Crippen LogP) is 3.84. The lowest BCUT2D eigenvalue weighted by Crippen LogP contribution is -2.30. The Balaban J connectivity index is 1.61. The number of thioether (sulfide) groups is 1. The van der Waals surface area contributed by atoms with E-state index >= 15 is 0 Å². The Kier molecular flexibility index (Phi) is 9.39. The summed E-state index contributed by atoms with van der Waals surface area (Å²) in [6.07, 6.45) is 1.89. The maximum Gasteiger partial charge on any atom is 0.269 e. The minimum atomic E-state index is -0.485. The molecule has 11 nitrogen and oxygen atoms in total. The topological polar surface area (TPSA) is 141 Å². The second-order valence-corrected chi connectivity index (χ2v) is 9.09. The third-order valence-corrected chi connectivity index (χ3v) is 6.34. The Bertz CT molecular complexity index is 1290. The lowest BCUT2D eigenvalue weighted by atomic mass is 10.1. The molecule has 2 amide bonds. The summed E-state index contributed by atoms with van der Waals surface area (Å²) >= 11 is 1.19. The highest BCUT2D eigenvalue weighted by Gasteiger charge is 2.20. The van der Waals surface area contributed by atoms with E-state index in [9.17, 15) is 19.7 Å². The highest BCUT2D eigenvalue weighted by molar-refractivity contribution is 7.99. The van der Waals surface area contributed by atoms with Gasteiger partial charge in [-0.2, -0.15) is 0 Å². The first-order valence-electron chi connectivity index (χ1n) is 11.4. The van der Waals surface area contributed by atoms with E-state index in [2.05, 4.69) is 27.4 Å². The summed E-state index contributed by atoms with van der Waals surface area (Å²) < 4.78 is 6.93. The number of ether oxygens (including phenoxy) is 1. The molecule has 0 radical (unpaired) electrons. The van der Waals surface area contributed by atoms with E-state index < -0.39 is 11.0 Å². The Labute approximate surface area is 218 Å². The van der Waals surface area contributed by atoms with E-state index in [0.29, 0.717) is 28.8 Å². The average molecular weight is 525 g/mol. The van der Waals surface area contributed by atoms with E-state index in [1.807, 2.05) is 19.1 Å². The molecule has 1 unspecified atom stereocenters. The highest BCUT2D eigenvalue weighted by atomic mass is 32.2. The molecule has 3 aromatic rings. The second kappa shape index (κ2) is 12.7. The molecular weight excluding hydrogens is 496 g/mol. The number of amides is 2. The number of nitro groups is 1. The molecular formula is C25H28N6O5S. The van der Waals surface area contributed by atoms with Crippen LogP contribution in [0.1, 0.15) is 29.9 Å². The van der Waals surface area contributed by atoms with E-state index in [4.69, 9.17) is 4.74 Å². The zero-order valence-corrected chi connectivity index (χ0v) is 21.6. The number of rotatable bonds is 12. The number of aryl methyl sites for hydroxylation is 1. The van der Waals surface area contributed by atoms with Crippen LogP contribution in [0.25, 0.3) is 0 Å². The molecule has 2 aromatic carbocycles. The van der Waals surface area contributed by atoms with Crippen molar-refractivity contribution in [2.75, 3.05) is 18.2 Å². The summed E-state index contributed by atoms with van der Waals surface area (Å²) in [7, 11) is 1.59. The van der Waals surface area contributed by atoms with Crippen LogP contribution >= 0.6 is 11.8 Å². The number of nitro benzene ring substituents is 1. The van der Waals surface area contributed by atoms with Gasteiger partial charge in [0.25, 0.3) is 5.69 Å². The Morgan fingerprint density at radius 3 is 2.57 bits per heavy atom. The molecule has 0 bridgehead atoms. The number of anilines is 1. The van der Waals surface area contributed by atoms with Crippen LogP contribution in [0.2, 0.25) is 0 Å². The normalized spacial score (nSPS) is 11.4. The molecule has 194 valence electrons. The third kappa shape index (κ3) is 7.40. The fraction of sp³-hybridized carbons (Fsp3) is 0.280. The van der Waals surface area contributed by atoms with Crippen molar-refractivity contribution in [1.82, 2.24) is 20.1 Å². The molecule has 1 aromatic heterocycles. The van der Waals surface area contributed by atoms with Crippen molar-refractivity contribution < 1.29 is 19.2 Å². The second-order valence-electron chi connectivity index (χ2n) is 8.15. The van der Waals surface area contributed by atoms with Crippen LogP contribution in [0.3, 0.4) is 0 Å². The quantitative estimate of drug-likeness (QED) is 0.158. The van der Waals surface area contributed by atoms with Gasteiger partial charge in [0.1, 0.15) is 5.75 Å². The van der Waals surface area contributed by atoms with Crippen LogP contribution in [0.4, 0.5) is 11.4 Å². The Hall–Kier alpha value is -4.19. The summed E-state index contributed by atoms with van der Waals surface area (Å²) in [5.41, 5.74) is 1.89. The number of nitrogens with zero attached hydrogens (tertiary/aromatic N) is 4. The average Bonchev–Trinajstić information content (AvgIpc) is 3.27. The molecule has 0 saturated carbocycles. The van der Waals surface area contributed by atoms with Gasteiger partial charge in [-0.15, -0.1) is 16.8 Å². The summed E-state index contributed by atoms with van der Waals surface area (Å²) in [6.45, 7) is 7.67. The number of carbonyl (C=O) groups excluding carboxylic acids is 2. The summed E-state index contributed by atoms with van der Waals surface area (Å²) in [4.78, 5) is 35.5. The molecule has 1 heterocycles. The lowest BCUT2D eigenvalue weighted by molar-refractivity contribution is -0.384. The van der Waals surface area contributed by atoms with Crippen molar-refractivity contribution >= 4 is 35.0 Å². The number of aromatic nitrogens is 3. The first-order valence-corrected chi connectivity index (χ1v) is 12.3.